The number of morpholine rings is 1. The van der Waals surface area contributed by atoms with Crippen LogP contribution in [0.1, 0.15) is 22.4 Å². The lowest BCUT2D eigenvalue weighted by Crippen LogP contribution is -2.35. The molecule has 2 rings (SSSR count). The fourth-order valence-electron chi connectivity index (χ4n) is 2.12. The van der Waals surface area contributed by atoms with Gasteiger partial charge in [-0.15, -0.1) is 11.3 Å². The minimum atomic E-state index is -0.106. The number of aromatic nitrogens is 1. The van der Waals surface area contributed by atoms with E-state index in [0.29, 0.717) is 18.8 Å². The largest absolute Gasteiger partial charge is 0.395 e. The third-order valence-corrected chi connectivity index (χ3v) is 4.11. The van der Waals surface area contributed by atoms with Crippen molar-refractivity contribution < 1.29 is 14.6 Å². The summed E-state index contributed by atoms with van der Waals surface area (Å²) >= 11 is 1.51. The molecule has 1 amide bonds. The van der Waals surface area contributed by atoms with Gasteiger partial charge in [0.15, 0.2) is 0 Å². The zero-order valence-electron chi connectivity index (χ0n) is 11.7. The molecule has 0 radical (unpaired) electrons. The minimum Gasteiger partial charge on any atom is -0.395 e. The maximum atomic E-state index is 12.2. The highest BCUT2D eigenvalue weighted by atomic mass is 32.1. The number of likely N-dealkylation sites (N-methyl/N-ethyl adjacent to an activating group) is 1. The van der Waals surface area contributed by atoms with Crippen molar-refractivity contribution >= 4 is 17.2 Å². The monoisotopic (exact) mass is 299 g/mol. The Morgan fingerprint density at radius 2 is 2.30 bits per heavy atom. The van der Waals surface area contributed by atoms with E-state index in [9.17, 15) is 4.79 Å². The standard InChI is InChI=1S/C13H21N3O3S/c1-2-16(3-6-17)13(18)11-10-20-12(14-11)9-15-4-7-19-8-5-15/h10,17H,2-9H2,1H3. The van der Waals surface area contributed by atoms with Crippen LogP contribution in [-0.2, 0) is 11.3 Å². The molecule has 1 aromatic heterocycles. The summed E-state index contributed by atoms with van der Waals surface area (Å²) < 4.78 is 5.31. The van der Waals surface area contributed by atoms with Crippen LogP contribution < -0.4 is 0 Å². The van der Waals surface area contributed by atoms with Crippen LogP contribution in [0.25, 0.3) is 0 Å². The van der Waals surface area contributed by atoms with Gasteiger partial charge in [-0.3, -0.25) is 9.69 Å². The number of aliphatic hydroxyl groups is 1. The Balaban J connectivity index is 1.95. The van der Waals surface area contributed by atoms with Gasteiger partial charge < -0.3 is 14.7 Å². The lowest BCUT2D eigenvalue weighted by Gasteiger charge is -2.25. The summed E-state index contributed by atoms with van der Waals surface area (Å²) in [5.74, 6) is -0.106. The fourth-order valence-corrected chi connectivity index (χ4v) is 2.93. The number of nitrogens with zero attached hydrogens (tertiary/aromatic N) is 3. The first kappa shape index (κ1) is 15.4. The van der Waals surface area contributed by atoms with Gasteiger partial charge in [-0.1, -0.05) is 0 Å². The van der Waals surface area contributed by atoms with Crippen molar-refractivity contribution in [3.8, 4) is 0 Å². The molecule has 7 heteroatoms. The van der Waals surface area contributed by atoms with Crippen LogP contribution in [-0.4, -0.2) is 71.8 Å². The van der Waals surface area contributed by atoms with Gasteiger partial charge in [-0.2, -0.15) is 0 Å². The molecule has 0 spiro atoms. The maximum Gasteiger partial charge on any atom is 0.273 e. The van der Waals surface area contributed by atoms with Gasteiger partial charge in [-0.25, -0.2) is 4.98 Å². The van der Waals surface area contributed by atoms with Crippen LogP contribution in [0.4, 0.5) is 0 Å². The Morgan fingerprint density at radius 3 is 2.95 bits per heavy atom. The SMILES string of the molecule is CCN(CCO)C(=O)c1csc(CN2CCOCC2)n1. The molecule has 1 aliphatic rings. The molecule has 1 aliphatic heterocycles. The van der Waals surface area contributed by atoms with Gasteiger partial charge in [0.1, 0.15) is 10.7 Å². The third kappa shape index (κ3) is 3.99. The molecule has 2 heterocycles. The van der Waals surface area contributed by atoms with E-state index in [1.807, 2.05) is 6.92 Å². The van der Waals surface area contributed by atoms with Crippen LogP contribution in [0.15, 0.2) is 5.38 Å². The van der Waals surface area contributed by atoms with Crippen LogP contribution in [0.5, 0.6) is 0 Å². The minimum absolute atomic E-state index is 0.0235. The number of thiazole rings is 1. The molecule has 0 aliphatic carbocycles. The van der Waals surface area contributed by atoms with Gasteiger partial charge in [0.05, 0.1) is 26.4 Å². The van der Waals surface area contributed by atoms with E-state index in [-0.39, 0.29) is 12.5 Å². The number of hydrogen-bond donors (Lipinski definition) is 1. The highest BCUT2D eigenvalue weighted by Crippen LogP contribution is 2.15. The predicted molar refractivity (Wildman–Crippen MR) is 76.9 cm³/mol. The molecule has 1 fully saturated rings. The highest BCUT2D eigenvalue weighted by Gasteiger charge is 2.18. The molecule has 0 aromatic carbocycles. The number of aliphatic hydroxyl groups excluding tert-OH is 1. The lowest BCUT2D eigenvalue weighted by molar-refractivity contribution is 0.0341. The second-order valence-corrected chi connectivity index (χ2v) is 5.57. The summed E-state index contributed by atoms with van der Waals surface area (Å²) in [6.45, 7) is 6.92. The van der Waals surface area contributed by atoms with Crippen molar-refractivity contribution in [2.24, 2.45) is 0 Å². The van der Waals surface area contributed by atoms with Crippen molar-refractivity contribution in [3.05, 3.63) is 16.1 Å². The molecule has 1 saturated heterocycles. The van der Waals surface area contributed by atoms with Gasteiger partial charge in [-0.05, 0) is 6.92 Å². The molecule has 1 N–H and O–H groups in total. The van der Waals surface area contributed by atoms with Crippen molar-refractivity contribution in [2.45, 2.75) is 13.5 Å². The number of carbonyl (C=O) groups excluding carboxylic acids is 1. The number of ether oxygens (including phenoxy) is 1. The highest BCUT2D eigenvalue weighted by molar-refractivity contribution is 7.09. The van der Waals surface area contributed by atoms with Crippen LogP contribution in [0, 0.1) is 0 Å². The van der Waals surface area contributed by atoms with E-state index in [2.05, 4.69) is 9.88 Å². The van der Waals surface area contributed by atoms with Gasteiger partial charge >= 0.3 is 0 Å². The van der Waals surface area contributed by atoms with Crippen molar-refractivity contribution in [1.29, 1.82) is 0 Å². The Morgan fingerprint density at radius 1 is 1.55 bits per heavy atom. The zero-order chi connectivity index (χ0) is 14.4. The summed E-state index contributed by atoms with van der Waals surface area (Å²) in [6, 6.07) is 0. The summed E-state index contributed by atoms with van der Waals surface area (Å²) in [4.78, 5) is 20.5. The number of rotatable bonds is 6. The molecule has 0 unspecified atom stereocenters. The second kappa shape index (κ2) is 7.68. The smallest absolute Gasteiger partial charge is 0.273 e. The van der Waals surface area contributed by atoms with E-state index in [1.165, 1.54) is 11.3 Å². The quantitative estimate of drug-likeness (QED) is 0.825. The van der Waals surface area contributed by atoms with Crippen molar-refractivity contribution in [3.63, 3.8) is 0 Å². The number of hydrogen-bond acceptors (Lipinski definition) is 6. The van der Waals surface area contributed by atoms with E-state index >= 15 is 0 Å². The van der Waals surface area contributed by atoms with Gasteiger partial charge in [0.25, 0.3) is 5.91 Å². The molecular weight excluding hydrogens is 278 g/mol. The van der Waals surface area contributed by atoms with E-state index in [4.69, 9.17) is 9.84 Å². The average Bonchev–Trinajstić information content (AvgIpc) is 2.93. The first-order chi connectivity index (χ1) is 9.74. The Labute approximate surface area is 123 Å². The third-order valence-electron chi connectivity index (χ3n) is 3.27. The summed E-state index contributed by atoms with van der Waals surface area (Å²) in [5.41, 5.74) is 0.480. The molecular formula is C13H21N3O3S. The van der Waals surface area contributed by atoms with Crippen LogP contribution in [0.3, 0.4) is 0 Å². The first-order valence-electron chi connectivity index (χ1n) is 6.89. The number of carbonyl (C=O) groups is 1. The second-order valence-electron chi connectivity index (χ2n) is 4.62. The molecule has 1 aromatic rings. The summed E-state index contributed by atoms with van der Waals surface area (Å²) in [7, 11) is 0. The average molecular weight is 299 g/mol. The van der Waals surface area contributed by atoms with Crippen LogP contribution >= 0.6 is 11.3 Å². The molecule has 0 bridgehead atoms. The fraction of sp³-hybridized carbons (Fsp3) is 0.692. The van der Waals surface area contributed by atoms with E-state index in [1.54, 1.807) is 10.3 Å². The lowest BCUT2D eigenvalue weighted by atomic mass is 10.3. The van der Waals surface area contributed by atoms with Gasteiger partial charge in [0.2, 0.25) is 0 Å². The Hall–Kier alpha value is -1.02. The summed E-state index contributed by atoms with van der Waals surface area (Å²) in [5, 5.41) is 11.7. The van der Waals surface area contributed by atoms with Crippen molar-refractivity contribution in [2.75, 3.05) is 46.0 Å². The van der Waals surface area contributed by atoms with Crippen molar-refractivity contribution in [1.82, 2.24) is 14.8 Å². The summed E-state index contributed by atoms with van der Waals surface area (Å²) in [6.07, 6.45) is 0. The zero-order valence-corrected chi connectivity index (χ0v) is 12.6. The number of amides is 1. The molecule has 0 atom stereocenters. The Bertz CT molecular complexity index is 432. The molecule has 0 saturated carbocycles. The molecule has 112 valence electrons. The molecule has 6 nitrogen and oxygen atoms in total. The Kier molecular flexibility index (Phi) is 5.90. The van der Waals surface area contributed by atoms with Crippen LogP contribution in [0.2, 0.25) is 0 Å². The topological polar surface area (TPSA) is 65.9 Å². The normalized spacial score (nSPS) is 16.3. The predicted octanol–water partition coefficient (Wildman–Crippen LogP) is 0.430. The molecule has 20 heavy (non-hydrogen) atoms. The van der Waals surface area contributed by atoms with E-state index in [0.717, 1.165) is 37.9 Å². The van der Waals surface area contributed by atoms with E-state index < -0.39 is 0 Å². The first-order valence-corrected chi connectivity index (χ1v) is 7.77. The maximum absolute atomic E-state index is 12.2. The van der Waals surface area contributed by atoms with Gasteiger partial charge in [0, 0.05) is 31.6 Å².